The number of rotatable bonds is 4. The van der Waals surface area contributed by atoms with Crippen molar-refractivity contribution in [3.63, 3.8) is 0 Å². The maximum absolute atomic E-state index is 11.7. The lowest BCUT2D eigenvalue weighted by Crippen LogP contribution is -2.41. The summed E-state index contributed by atoms with van der Waals surface area (Å²) in [6, 6.07) is 0. The number of piperidine rings is 1. The summed E-state index contributed by atoms with van der Waals surface area (Å²) < 4.78 is 1.71. The van der Waals surface area contributed by atoms with E-state index in [0.717, 1.165) is 25.9 Å². The maximum Gasteiger partial charge on any atom is 0.224 e. The van der Waals surface area contributed by atoms with Gasteiger partial charge in [0.05, 0.1) is 18.7 Å². The molecule has 1 amide bonds. The number of carbonyl (C=O) groups excluding carboxylic acids is 1. The van der Waals surface area contributed by atoms with Crippen molar-refractivity contribution in [2.45, 2.75) is 19.4 Å². The Morgan fingerprint density at radius 2 is 2.56 bits per heavy atom. The van der Waals surface area contributed by atoms with E-state index in [1.54, 1.807) is 17.1 Å². The van der Waals surface area contributed by atoms with Gasteiger partial charge in [-0.2, -0.15) is 0 Å². The maximum atomic E-state index is 11.7. The average Bonchev–Trinajstić information content (AvgIpc) is 2.83. The normalized spacial score (nSPS) is 20.6. The molecule has 0 spiro atoms. The number of hydrogen-bond acceptors (Lipinski definition) is 4. The molecule has 2 heterocycles. The molecular weight excluding hydrogens is 206 g/mol. The highest BCUT2D eigenvalue weighted by Gasteiger charge is 2.19. The van der Waals surface area contributed by atoms with Crippen molar-refractivity contribution in [2.75, 3.05) is 19.6 Å². The first-order chi connectivity index (χ1) is 7.86. The van der Waals surface area contributed by atoms with Gasteiger partial charge in [0, 0.05) is 19.3 Å². The first kappa shape index (κ1) is 11.1. The van der Waals surface area contributed by atoms with Crippen molar-refractivity contribution < 1.29 is 4.79 Å². The molecule has 1 fully saturated rings. The summed E-state index contributed by atoms with van der Waals surface area (Å²) in [4.78, 5) is 11.7. The number of hydrogen-bond donors (Lipinski definition) is 2. The minimum absolute atomic E-state index is 0.129. The van der Waals surface area contributed by atoms with Crippen LogP contribution in [0.4, 0.5) is 0 Å². The quantitative estimate of drug-likeness (QED) is 0.714. The monoisotopic (exact) mass is 223 g/mol. The second-order valence-electron chi connectivity index (χ2n) is 4.00. The lowest BCUT2D eigenvalue weighted by molar-refractivity contribution is -0.125. The van der Waals surface area contributed by atoms with Crippen LogP contribution in [0.3, 0.4) is 0 Å². The fourth-order valence-corrected chi connectivity index (χ4v) is 1.87. The van der Waals surface area contributed by atoms with Gasteiger partial charge in [-0.25, -0.2) is 0 Å². The van der Waals surface area contributed by atoms with Gasteiger partial charge in [-0.15, -0.1) is 5.10 Å². The van der Waals surface area contributed by atoms with Gasteiger partial charge in [0.25, 0.3) is 0 Å². The molecule has 6 nitrogen and oxygen atoms in total. The molecule has 0 aliphatic carbocycles. The first-order valence-corrected chi connectivity index (χ1v) is 5.69. The fourth-order valence-electron chi connectivity index (χ4n) is 1.87. The van der Waals surface area contributed by atoms with E-state index >= 15 is 0 Å². The Labute approximate surface area is 94.4 Å². The van der Waals surface area contributed by atoms with Crippen LogP contribution in [0.15, 0.2) is 12.4 Å². The van der Waals surface area contributed by atoms with E-state index in [1.165, 1.54) is 0 Å². The minimum Gasteiger partial charge on any atom is -0.354 e. The molecule has 1 aromatic heterocycles. The molecule has 0 saturated carbocycles. The van der Waals surface area contributed by atoms with Crippen LogP contribution in [0.25, 0.3) is 0 Å². The van der Waals surface area contributed by atoms with Gasteiger partial charge in [0.2, 0.25) is 5.91 Å². The molecular formula is C10H17N5O. The Hall–Kier alpha value is -1.43. The third kappa shape index (κ3) is 3.03. The molecule has 1 atom stereocenters. The molecule has 1 aliphatic heterocycles. The second-order valence-corrected chi connectivity index (χ2v) is 4.00. The molecule has 0 bridgehead atoms. The van der Waals surface area contributed by atoms with Crippen molar-refractivity contribution >= 4 is 5.91 Å². The Morgan fingerprint density at radius 1 is 1.62 bits per heavy atom. The van der Waals surface area contributed by atoms with Crippen LogP contribution in [0, 0.1) is 5.92 Å². The van der Waals surface area contributed by atoms with Gasteiger partial charge in [0.1, 0.15) is 0 Å². The van der Waals surface area contributed by atoms with E-state index in [0.29, 0.717) is 13.1 Å². The smallest absolute Gasteiger partial charge is 0.224 e. The molecule has 1 unspecified atom stereocenters. The third-order valence-electron chi connectivity index (χ3n) is 2.78. The molecule has 1 saturated heterocycles. The average molecular weight is 223 g/mol. The Balaban J connectivity index is 1.67. The Morgan fingerprint density at radius 3 is 3.25 bits per heavy atom. The van der Waals surface area contributed by atoms with E-state index in [-0.39, 0.29) is 11.8 Å². The number of amides is 1. The zero-order valence-electron chi connectivity index (χ0n) is 9.22. The van der Waals surface area contributed by atoms with E-state index in [2.05, 4.69) is 20.9 Å². The van der Waals surface area contributed by atoms with Gasteiger partial charge >= 0.3 is 0 Å². The Kier molecular flexibility index (Phi) is 3.87. The lowest BCUT2D eigenvalue weighted by Gasteiger charge is -2.21. The van der Waals surface area contributed by atoms with E-state index in [9.17, 15) is 4.79 Å². The van der Waals surface area contributed by atoms with Gasteiger partial charge in [-0.3, -0.25) is 9.48 Å². The number of aromatic nitrogens is 3. The predicted molar refractivity (Wildman–Crippen MR) is 58.6 cm³/mol. The highest BCUT2D eigenvalue weighted by molar-refractivity contribution is 5.78. The molecule has 0 radical (unpaired) electrons. The van der Waals surface area contributed by atoms with Crippen molar-refractivity contribution in [1.29, 1.82) is 0 Å². The summed E-state index contributed by atoms with van der Waals surface area (Å²) in [6.07, 6.45) is 5.49. The van der Waals surface area contributed by atoms with Crippen LogP contribution in [0.5, 0.6) is 0 Å². The summed E-state index contributed by atoms with van der Waals surface area (Å²) in [7, 11) is 0. The van der Waals surface area contributed by atoms with Gasteiger partial charge in [-0.1, -0.05) is 5.21 Å². The summed E-state index contributed by atoms with van der Waals surface area (Å²) in [5.41, 5.74) is 0. The van der Waals surface area contributed by atoms with E-state index in [4.69, 9.17) is 0 Å². The minimum atomic E-state index is 0.129. The molecule has 1 aromatic rings. The number of nitrogens with zero attached hydrogens (tertiary/aromatic N) is 3. The van der Waals surface area contributed by atoms with Crippen LogP contribution in [0.1, 0.15) is 12.8 Å². The summed E-state index contributed by atoms with van der Waals surface area (Å²) in [5.74, 6) is 0.275. The van der Waals surface area contributed by atoms with Crippen LogP contribution in [-0.4, -0.2) is 40.5 Å². The lowest BCUT2D eigenvalue weighted by atomic mass is 9.99. The SMILES string of the molecule is O=C(NCCn1ccnn1)C1CCCNC1. The topological polar surface area (TPSA) is 71.8 Å². The largest absolute Gasteiger partial charge is 0.354 e. The molecule has 16 heavy (non-hydrogen) atoms. The van der Waals surface area contributed by atoms with Crippen LogP contribution >= 0.6 is 0 Å². The molecule has 6 heteroatoms. The molecule has 88 valence electrons. The fraction of sp³-hybridized carbons (Fsp3) is 0.700. The predicted octanol–water partition coefficient (Wildman–Crippen LogP) is -0.606. The molecule has 2 rings (SSSR count). The number of carbonyl (C=O) groups is 1. The van der Waals surface area contributed by atoms with Crippen molar-refractivity contribution in [2.24, 2.45) is 5.92 Å². The zero-order chi connectivity index (χ0) is 11.2. The zero-order valence-corrected chi connectivity index (χ0v) is 9.22. The van der Waals surface area contributed by atoms with Gasteiger partial charge in [-0.05, 0) is 19.4 Å². The van der Waals surface area contributed by atoms with Crippen molar-refractivity contribution in [3.8, 4) is 0 Å². The number of nitrogens with one attached hydrogen (secondary N) is 2. The molecule has 2 N–H and O–H groups in total. The van der Waals surface area contributed by atoms with Gasteiger partial charge in [0.15, 0.2) is 0 Å². The van der Waals surface area contributed by atoms with Gasteiger partial charge < -0.3 is 10.6 Å². The second kappa shape index (κ2) is 5.60. The first-order valence-electron chi connectivity index (χ1n) is 5.69. The van der Waals surface area contributed by atoms with E-state index < -0.39 is 0 Å². The standard InChI is InChI=1S/C10H17N5O/c16-10(9-2-1-3-11-8-9)12-4-6-15-7-5-13-14-15/h5,7,9,11H,1-4,6,8H2,(H,12,16). The summed E-state index contributed by atoms with van der Waals surface area (Å²) in [5, 5.41) is 13.7. The highest BCUT2D eigenvalue weighted by atomic mass is 16.1. The van der Waals surface area contributed by atoms with Crippen LogP contribution in [0.2, 0.25) is 0 Å². The highest BCUT2D eigenvalue weighted by Crippen LogP contribution is 2.09. The summed E-state index contributed by atoms with van der Waals surface area (Å²) in [6.45, 7) is 3.11. The molecule has 0 aromatic carbocycles. The molecule has 1 aliphatic rings. The van der Waals surface area contributed by atoms with Crippen molar-refractivity contribution in [3.05, 3.63) is 12.4 Å². The van der Waals surface area contributed by atoms with E-state index in [1.807, 2.05) is 0 Å². The van der Waals surface area contributed by atoms with Crippen LogP contribution < -0.4 is 10.6 Å². The van der Waals surface area contributed by atoms with Crippen LogP contribution in [-0.2, 0) is 11.3 Å². The van der Waals surface area contributed by atoms with Crippen molar-refractivity contribution in [1.82, 2.24) is 25.6 Å². The third-order valence-corrected chi connectivity index (χ3v) is 2.78. The summed E-state index contributed by atoms with van der Waals surface area (Å²) >= 11 is 0. The Bertz CT molecular complexity index is 318.